The zero-order valence-corrected chi connectivity index (χ0v) is 16.5. The number of alkyl carbamates (subject to hydrolysis) is 1. The van der Waals surface area contributed by atoms with E-state index in [0.29, 0.717) is 12.3 Å². The first-order valence-corrected chi connectivity index (χ1v) is 10.4. The molecule has 0 heterocycles. The van der Waals surface area contributed by atoms with Crippen LogP contribution in [0.3, 0.4) is 0 Å². The van der Waals surface area contributed by atoms with Crippen molar-refractivity contribution in [2.75, 3.05) is 6.61 Å². The Labute approximate surface area is 171 Å². The smallest absolute Gasteiger partial charge is 0.407 e. The Balaban J connectivity index is 1.38. The number of nitrogens with one attached hydrogen (secondary N) is 1. The van der Waals surface area contributed by atoms with Gasteiger partial charge in [-0.1, -0.05) is 67.8 Å². The molecule has 0 aliphatic heterocycles. The molecule has 2 N–H and O–H groups in total. The molecule has 1 saturated carbocycles. The van der Waals surface area contributed by atoms with E-state index in [1.54, 1.807) is 0 Å². The van der Waals surface area contributed by atoms with Gasteiger partial charge >= 0.3 is 12.1 Å². The normalized spacial score (nSPS) is 16.4. The lowest BCUT2D eigenvalue weighted by Gasteiger charge is -2.30. The van der Waals surface area contributed by atoms with E-state index in [-0.39, 0.29) is 25.0 Å². The first kappa shape index (κ1) is 19.5. The molecular weight excluding hydrogens is 366 g/mol. The first-order valence-electron chi connectivity index (χ1n) is 10.4. The van der Waals surface area contributed by atoms with Crippen LogP contribution < -0.4 is 5.32 Å². The van der Waals surface area contributed by atoms with Crippen LogP contribution in [0.25, 0.3) is 11.1 Å². The summed E-state index contributed by atoms with van der Waals surface area (Å²) in [7, 11) is 0. The highest BCUT2D eigenvalue weighted by molar-refractivity contribution is 5.79. The van der Waals surface area contributed by atoms with E-state index in [2.05, 4.69) is 29.6 Å². The molecule has 1 amide bonds. The zero-order chi connectivity index (χ0) is 20.2. The molecule has 1 fully saturated rings. The van der Waals surface area contributed by atoms with Gasteiger partial charge in [0, 0.05) is 18.4 Å². The van der Waals surface area contributed by atoms with Crippen molar-refractivity contribution >= 4 is 12.1 Å². The maximum atomic E-state index is 12.5. The monoisotopic (exact) mass is 393 g/mol. The second-order valence-electron chi connectivity index (χ2n) is 8.13. The molecule has 2 aromatic rings. The van der Waals surface area contributed by atoms with Crippen LogP contribution in [0.15, 0.2) is 48.5 Å². The van der Waals surface area contributed by atoms with Gasteiger partial charge < -0.3 is 15.2 Å². The van der Waals surface area contributed by atoms with Gasteiger partial charge in [-0.15, -0.1) is 0 Å². The quantitative estimate of drug-likeness (QED) is 0.665. The lowest BCUT2D eigenvalue weighted by molar-refractivity contribution is -0.137. The third-order valence-electron chi connectivity index (χ3n) is 6.21. The van der Waals surface area contributed by atoms with Crippen LogP contribution in [0, 0.1) is 5.92 Å². The highest BCUT2D eigenvalue weighted by atomic mass is 16.5. The summed E-state index contributed by atoms with van der Waals surface area (Å²) in [6.45, 7) is 0.273. The van der Waals surface area contributed by atoms with E-state index < -0.39 is 12.1 Å². The van der Waals surface area contributed by atoms with E-state index in [9.17, 15) is 9.59 Å². The highest BCUT2D eigenvalue weighted by Gasteiger charge is 2.29. The summed E-state index contributed by atoms with van der Waals surface area (Å²) in [6.07, 6.45) is 4.42. The van der Waals surface area contributed by atoms with E-state index in [0.717, 1.165) is 19.3 Å². The Bertz CT molecular complexity index is 844. The number of carboxylic acid groups (broad SMARTS) is 1. The molecule has 2 aromatic carbocycles. The van der Waals surface area contributed by atoms with Crippen LogP contribution in [0.4, 0.5) is 4.79 Å². The number of hydrogen-bond acceptors (Lipinski definition) is 3. The minimum Gasteiger partial charge on any atom is -0.481 e. The van der Waals surface area contributed by atoms with Crippen molar-refractivity contribution in [3.8, 4) is 11.1 Å². The third-order valence-corrected chi connectivity index (χ3v) is 6.21. The molecule has 0 aromatic heterocycles. The third kappa shape index (κ3) is 4.44. The molecule has 0 bridgehead atoms. The van der Waals surface area contributed by atoms with Crippen molar-refractivity contribution < 1.29 is 19.4 Å². The molecule has 0 saturated heterocycles. The summed E-state index contributed by atoms with van der Waals surface area (Å²) in [5, 5.41) is 11.9. The van der Waals surface area contributed by atoms with Gasteiger partial charge in [0.05, 0.1) is 0 Å². The van der Waals surface area contributed by atoms with Crippen LogP contribution in [0.1, 0.15) is 55.6 Å². The number of amides is 1. The van der Waals surface area contributed by atoms with Gasteiger partial charge in [0.25, 0.3) is 0 Å². The SMILES string of the molecule is O=C(O)CCC(CC1CCC1)NC(=O)OCC1c2ccccc2-c2ccccc21. The Hall–Kier alpha value is -2.82. The molecule has 5 heteroatoms. The van der Waals surface area contributed by atoms with Crippen LogP contribution in [-0.2, 0) is 9.53 Å². The van der Waals surface area contributed by atoms with Crippen LogP contribution in [-0.4, -0.2) is 29.8 Å². The number of fused-ring (bicyclic) bond motifs is 3. The second-order valence-corrected chi connectivity index (χ2v) is 8.13. The molecule has 0 spiro atoms. The van der Waals surface area contributed by atoms with Gasteiger partial charge in [0.15, 0.2) is 0 Å². The summed E-state index contributed by atoms with van der Waals surface area (Å²) in [6, 6.07) is 16.3. The molecule has 1 unspecified atom stereocenters. The molecule has 5 nitrogen and oxygen atoms in total. The summed E-state index contributed by atoms with van der Waals surface area (Å²) < 4.78 is 5.61. The number of carbonyl (C=O) groups excluding carboxylic acids is 1. The maximum Gasteiger partial charge on any atom is 0.407 e. The summed E-state index contributed by atoms with van der Waals surface area (Å²) in [5.74, 6) is -0.224. The Kier molecular flexibility index (Phi) is 5.84. The van der Waals surface area contributed by atoms with Crippen molar-refractivity contribution in [1.82, 2.24) is 5.32 Å². The molecule has 2 aliphatic rings. The molecular formula is C24H27NO4. The summed E-state index contributed by atoms with van der Waals surface area (Å²) in [5.41, 5.74) is 4.75. The minimum absolute atomic E-state index is 0.0252. The number of rotatable bonds is 8. The Morgan fingerprint density at radius 2 is 1.66 bits per heavy atom. The lowest BCUT2D eigenvalue weighted by Crippen LogP contribution is -2.38. The van der Waals surface area contributed by atoms with Crippen molar-refractivity contribution in [2.24, 2.45) is 5.92 Å². The van der Waals surface area contributed by atoms with Crippen molar-refractivity contribution in [1.29, 1.82) is 0 Å². The molecule has 29 heavy (non-hydrogen) atoms. The average molecular weight is 393 g/mol. The lowest BCUT2D eigenvalue weighted by atomic mass is 9.80. The molecule has 2 aliphatic carbocycles. The Morgan fingerprint density at radius 1 is 1.03 bits per heavy atom. The molecule has 4 rings (SSSR count). The molecule has 1 atom stereocenters. The molecule has 152 valence electrons. The van der Waals surface area contributed by atoms with E-state index >= 15 is 0 Å². The fourth-order valence-corrected chi connectivity index (χ4v) is 4.48. The van der Waals surface area contributed by atoms with Crippen LogP contribution >= 0.6 is 0 Å². The number of ether oxygens (including phenoxy) is 1. The van der Waals surface area contributed by atoms with Gasteiger partial charge in [-0.3, -0.25) is 4.79 Å². The number of aliphatic carboxylic acids is 1. The molecule has 0 radical (unpaired) electrons. The van der Waals surface area contributed by atoms with Gasteiger partial charge in [-0.05, 0) is 41.0 Å². The van der Waals surface area contributed by atoms with Crippen molar-refractivity contribution in [3.05, 3.63) is 59.7 Å². The maximum absolute atomic E-state index is 12.5. The number of hydrogen-bond donors (Lipinski definition) is 2. The first-order chi connectivity index (χ1) is 14.1. The zero-order valence-electron chi connectivity index (χ0n) is 16.5. The average Bonchev–Trinajstić information content (AvgIpc) is 3.01. The number of carboxylic acids is 1. The standard InChI is InChI=1S/C24H27NO4/c26-23(27)13-12-17(14-16-6-5-7-16)25-24(28)29-15-22-20-10-3-1-8-18(20)19-9-2-4-11-21(19)22/h1-4,8-11,16-17,22H,5-7,12-15H2,(H,25,28)(H,26,27). The highest BCUT2D eigenvalue weighted by Crippen LogP contribution is 2.44. The predicted molar refractivity (Wildman–Crippen MR) is 111 cm³/mol. The van der Waals surface area contributed by atoms with E-state index in [1.165, 1.54) is 28.7 Å². The second kappa shape index (κ2) is 8.68. The van der Waals surface area contributed by atoms with Gasteiger partial charge in [0.2, 0.25) is 0 Å². The van der Waals surface area contributed by atoms with E-state index in [4.69, 9.17) is 9.84 Å². The van der Waals surface area contributed by atoms with E-state index in [1.807, 2.05) is 24.3 Å². The number of carbonyl (C=O) groups is 2. The fraction of sp³-hybridized carbons (Fsp3) is 0.417. The van der Waals surface area contributed by atoms with Crippen molar-refractivity contribution in [2.45, 2.75) is 50.5 Å². The summed E-state index contributed by atoms with van der Waals surface area (Å²) in [4.78, 5) is 23.4. The van der Waals surface area contributed by atoms with Crippen molar-refractivity contribution in [3.63, 3.8) is 0 Å². The fourth-order valence-electron chi connectivity index (χ4n) is 4.48. The topological polar surface area (TPSA) is 75.6 Å². The predicted octanol–water partition coefficient (Wildman–Crippen LogP) is 4.95. The number of benzene rings is 2. The Morgan fingerprint density at radius 3 is 2.21 bits per heavy atom. The minimum atomic E-state index is -0.835. The largest absolute Gasteiger partial charge is 0.481 e. The van der Waals surface area contributed by atoms with Gasteiger partial charge in [0.1, 0.15) is 6.61 Å². The van der Waals surface area contributed by atoms with Gasteiger partial charge in [-0.25, -0.2) is 4.79 Å². The van der Waals surface area contributed by atoms with Crippen LogP contribution in [0.5, 0.6) is 0 Å². The van der Waals surface area contributed by atoms with Crippen LogP contribution in [0.2, 0.25) is 0 Å². The van der Waals surface area contributed by atoms with Gasteiger partial charge in [-0.2, -0.15) is 0 Å². The summed E-state index contributed by atoms with van der Waals surface area (Å²) >= 11 is 0.